The smallest absolute Gasteiger partial charge is 0.329 e. The van der Waals surface area contributed by atoms with Crippen molar-refractivity contribution in [1.29, 1.82) is 0 Å². The lowest BCUT2D eigenvalue weighted by molar-refractivity contribution is -0.155. The van der Waals surface area contributed by atoms with E-state index in [1.807, 2.05) is 0 Å². The summed E-state index contributed by atoms with van der Waals surface area (Å²) >= 11 is 1.38. The number of amides is 1. The van der Waals surface area contributed by atoms with E-state index in [1.54, 1.807) is 23.8 Å². The van der Waals surface area contributed by atoms with Crippen molar-refractivity contribution in [2.24, 2.45) is 0 Å². The molecule has 6 nitrogen and oxygen atoms in total. The van der Waals surface area contributed by atoms with Gasteiger partial charge in [0, 0.05) is 12.4 Å². The summed E-state index contributed by atoms with van der Waals surface area (Å²) in [4.78, 5) is 28.9. The molecule has 112 valence electrons. The second-order valence-corrected chi connectivity index (χ2v) is 5.97. The molecule has 2 heterocycles. The number of carboxylic acids is 1. The van der Waals surface area contributed by atoms with Crippen LogP contribution in [0.15, 0.2) is 28.2 Å². The average Bonchev–Trinajstić information content (AvgIpc) is 3.07. The van der Waals surface area contributed by atoms with Crippen LogP contribution in [0, 0.1) is 0 Å². The van der Waals surface area contributed by atoms with Crippen molar-refractivity contribution in [2.45, 2.75) is 25.8 Å². The molecule has 0 radical (unpaired) electrons. The zero-order chi connectivity index (χ0) is 15.6. The number of rotatable bonds is 5. The highest BCUT2D eigenvalue weighted by molar-refractivity contribution is 7.13. The Morgan fingerprint density at radius 2 is 2.19 bits per heavy atom. The van der Waals surface area contributed by atoms with Crippen LogP contribution in [0.1, 0.15) is 19.5 Å². The Hall–Kier alpha value is -2.15. The van der Waals surface area contributed by atoms with Crippen molar-refractivity contribution in [3.05, 3.63) is 29.5 Å². The molecule has 0 spiro atoms. The average molecular weight is 308 g/mol. The number of thiazole rings is 1. The summed E-state index contributed by atoms with van der Waals surface area (Å²) in [6, 6.07) is 3.56. The van der Waals surface area contributed by atoms with E-state index in [-0.39, 0.29) is 12.3 Å². The number of aromatic nitrogens is 1. The number of carbonyl (C=O) groups is 2. The van der Waals surface area contributed by atoms with Gasteiger partial charge in [0.2, 0.25) is 5.91 Å². The van der Waals surface area contributed by atoms with Gasteiger partial charge in [-0.15, -0.1) is 11.3 Å². The zero-order valence-electron chi connectivity index (χ0n) is 12.0. The maximum Gasteiger partial charge on any atom is 0.329 e. The predicted molar refractivity (Wildman–Crippen MR) is 78.0 cm³/mol. The summed E-state index contributed by atoms with van der Waals surface area (Å²) in [6.07, 6.45) is 1.62. The standard InChI is InChI=1S/C14H16N2O4S/c1-14(2,13(18)19)16(3)11(17)7-9-8-21-12(15-9)10-5-4-6-20-10/h4-6,8H,7H2,1-3H3,(H,18,19). The molecule has 0 saturated heterocycles. The molecule has 1 N–H and O–H groups in total. The van der Waals surface area contributed by atoms with E-state index in [9.17, 15) is 9.59 Å². The first-order valence-electron chi connectivity index (χ1n) is 6.30. The molecule has 0 aliphatic heterocycles. The van der Waals surface area contributed by atoms with Gasteiger partial charge in [-0.3, -0.25) is 4.79 Å². The van der Waals surface area contributed by atoms with E-state index in [4.69, 9.17) is 9.52 Å². The number of carbonyl (C=O) groups excluding carboxylic acids is 1. The SMILES string of the molecule is CN(C(=O)Cc1csc(-c2ccco2)n1)C(C)(C)C(=O)O. The van der Waals surface area contributed by atoms with Gasteiger partial charge < -0.3 is 14.4 Å². The number of carboxylic acid groups (broad SMARTS) is 1. The highest BCUT2D eigenvalue weighted by Gasteiger charge is 2.35. The second kappa shape index (κ2) is 5.69. The summed E-state index contributed by atoms with van der Waals surface area (Å²) in [5.74, 6) is -0.690. The van der Waals surface area contributed by atoms with Gasteiger partial charge in [0.1, 0.15) is 5.54 Å². The number of hydrogen-bond donors (Lipinski definition) is 1. The molecule has 7 heteroatoms. The van der Waals surface area contributed by atoms with Crippen LogP contribution in [0.2, 0.25) is 0 Å². The van der Waals surface area contributed by atoms with Crippen LogP contribution in [0.5, 0.6) is 0 Å². The number of nitrogens with zero attached hydrogens (tertiary/aromatic N) is 2. The Kier molecular flexibility index (Phi) is 4.13. The monoisotopic (exact) mass is 308 g/mol. The minimum atomic E-state index is -1.25. The van der Waals surface area contributed by atoms with Crippen LogP contribution in [0.4, 0.5) is 0 Å². The van der Waals surface area contributed by atoms with Gasteiger partial charge in [0.15, 0.2) is 10.8 Å². The van der Waals surface area contributed by atoms with Crippen LogP contribution >= 0.6 is 11.3 Å². The highest BCUT2D eigenvalue weighted by Crippen LogP contribution is 2.24. The van der Waals surface area contributed by atoms with E-state index in [0.717, 1.165) is 0 Å². The van der Waals surface area contributed by atoms with Crippen molar-refractivity contribution in [3.8, 4) is 10.8 Å². The molecule has 2 aromatic heterocycles. The fraction of sp³-hybridized carbons (Fsp3) is 0.357. The molecule has 1 amide bonds. The Morgan fingerprint density at radius 1 is 1.48 bits per heavy atom. The first-order valence-corrected chi connectivity index (χ1v) is 7.18. The van der Waals surface area contributed by atoms with Gasteiger partial charge in [0.05, 0.1) is 18.4 Å². The van der Waals surface area contributed by atoms with Crippen molar-refractivity contribution >= 4 is 23.2 Å². The van der Waals surface area contributed by atoms with Gasteiger partial charge in [-0.05, 0) is 26.0 Å². The fourth-order valence-corrected chi connectivity index (χ4v) is 2.42. The summed E-state index contributed by atoms with van der Waals surface area (Å²) in [6.45, 7) is 2.98. The molecule has 0 saturated carbocycles. The van der Waals surface area contributed by atoms with E-state index in [0.29, 0.717) is 16.5 Å². The molecule has 2 aromatic rings. The third-order valence-corrected chi connectivity index (χ3v) is 4.26. The fourth-order valence-electron chi connectivity index (χ4n) is 1.63. The first-order chi connectivity index (χ1) is 9.82. The molecule has 0 aromatic carbocycles. The summed E-state index contributed by atoms with van der Waals surface area (Å²) in [7, 11) is 1.48. The lowest BCUT2D eigenvalue weighted by atomic mass is 10.0. The summed E-state index contributed by atoms with van der Waals surface area (Å²) in [5, 5.41) is 11.6. The van der Waals surface area contributed by atoms with Crippen molar-refractivity contribution in [1.82, 2.24) is 9.88 Å². The van der Waals surface area contributed by atoms with Gasteiger partial charge in [-0.1, -0.05) is 0 Å². The van der Waals surface area contributed by atoms with Gasteiger partial charge in [0.25, 0.3) is 0 Å². The highest BCUT2D eigenvalue weighted by atomic mass is 32.1. The van der Waals surface area contributed by atoms with E-state index in [1.165, 1.54) is 37.1 Å². The van der Waals surface area contributed by atoms with Crippen LogP contribution in [-0.4, -0.2) is 39.5 Å². The lowest BCUT2D eigenvalue weighted by Gasteiger charge is -2.31. The summed E-state index contributed by atoms with van der Waals surface area (Å²) in [5.41, 5.74) is -0.652. The Morgan fingerprint density at radius 3 is 2.76 bits per heavy atom. The van der Waals surface area contributed by atoms with Crippen molar-refractivity contribution in [3.63, 3.8) is 0 Å². The van der Waals surface area contributed by atoms with Crippen LogP contribution in [-0.2, 0) is 16.0 Å². The largest absolute Gasteiger partial charge is 0.480 e. The first kappa shape index (κ1) is 15.2. The zero-order valence-corrected chi connectivity index (χ0v) is 12.8. The van der Waals surface area contributed by atoms with Gasteiger partial charge in [-0.25, -0.2) is 9.78 Å². The molecule has 0 aliphatic carbocycles. The molecule has 2 rings (SSSR count). The predicted octanol–water partition coefficient (Wildman–Crippen LogP) is 2.27. The number of hydrogen-bond acceptors (Lipinski definition) is 5. The molecule has 0 unspecified atom stereocenters. The number of aliphatic carboxylic acids is 1. The van der Waals surface area contributed by atoms with Gasteiger partial charge >= 0.3 is 5.97 Å². The van der Waals surface area contributed by atoms with Crippen molar-refractivity contribution in [2.75, 3.05) is 7.05 Å². The quantitative estimate of drug-likeness (QED) is 0.916. The maximum atomic E-state index is 12.2. The normalized spacial score (nSPS) is 11.4. The maximum absolute atomic E-state index is 12.2. The molecule has 0 atom stereocenters. The number of likely N-dealkylation sites (N-methyl/N-ethyl adjacent to an activating group) is 1. The molecule has 0 aliphatic rings. The van der Waals surface area contributed by atoms with Gasteiger partial charge in [-0.2, -0.15) is 0 Å². The topological polar surface area (TPSA) is 83.6 Å². The third-order valence-electron chi connectivity index (χ3n) is 3.35. The molecular weight excluding hydrogens is 292 g/mol. The minimum Gasteiger partial charge on any atom is -0.480 e. The Bertz CT molecular complexity index is 646. The third kappa shape index (κ3) is 3.13. The van der Waals surface area contributed by atoms with E-state index < -0.39 is 11.5 Å². The molecule has 0 bridgehead atoms. The van der Waals surface area contributed by atoms with Crippen LogP contribution in [0.25, 0.3) is 10.8 Å². The molecule has 0 fully saturated rings. The minimum absolute atomic E-state index is 0.0599. The van der Waals surface area contributed by atoms with E-state index >= 15 is 0 Å². The Labute approximate surface area is 126 Å². The van der Waals surface area contributed by atoms with Crippen LogP contribution < -0.4 is 0 Å². The Balaban J connectivity index is 2.08. The van der Waals surface area contributed by atoms with E-state index in [2.05, 4.69) is 4.98 Å². The number of furan rings is 1. The second-order valence-electron chi connectivity index (χ2n) is 5.11. The molecule has 21 heavy (non-hydrogen) atoms. The summed E-state index contributed by atoms with van der Waals surface area (Å²) < 4.78 is 5.25. The van der Waals surface area contributed by atoms with Crippen LogP contribution in [0.3, 0.4) is 0 Å². The molecular formula is C14H16N2O4S. The van der Waals surface area contributed by atoms with Crippen molar-refractivity contribution < 1.29 is 19.1 Å². The lowest BCUT2D eigenvalue weighted by Crippen LogP contribution is -2.51.